The number of aromatic nitrogens is 2. The molecule has 1 N–H and O–H groups in total. The van der Waals surface area contributed by atoms with Gasteiger partial charge in [0.2, 0.25) is 0 Å². The minimum atomic E-state index is -3.56. The Morgan fingerprint density at radius 3 is 2.54 bits per heavy atom. The Morgan fingerprint density at radius 1 is 1.11 bits per heavy atom. The van der Waals surface area contributed by atoms with Crippen molar-refractivity contribution in [1.29, 1.82) is 0 Å². The molecule has 1 aliphatic heterocycles. The number of hydrogen-bond acceptors (Lipinski definition) is 3. The van der Waals surface area contributed by atoms with Crippen LogP contribution in [0.3, 0.4) is 0 Å². The molecular weight excluding hydrogens is 487 g/mol. The first kappa shape index (κ1) is 24.3. The Balaban J connectivity index is 1.41. The number of hydrogen-bond donors (Lipinski definition) is 1. The van der Waals surface area contributed by atoms with Gasteiger partial charge in [-0.15, -0.1) is 0 Å². The second-order valence-electron chi connectivity index (χ2n) is 10.8. The largest absolute Gasteiger partial charge is 0.279 e. The molecule has 4 aromatic rings. The zero-order chi connectivity index (χ0) is 25.9. The van der Waals surface area contributed by atoms with Crippen molar-refractivity contribution < 1.29 is 12.8 Å². The van der Waals surface area contributed by atoms with E-state index in [2.05, 4.69) is 53.1 Å². The van der Waals surface area contributed by atoms with E-state index in [9.17, 15) is 12.8 Å². The van der Waals surface area contributed by atoms with E-state index in [1.165, 1.54) is 23.3 Å². The Labute approximate surface area is 217 Å². The van der Waals surface area contributed by atoms with Crippen LogP contribution in [0, 0.1) is 24.6 Å². The third-order valence-corrected chi connectivity index (χ3v) is 9.50. The molecule has 1 aliphatic carbocycles. The van der Waals surface area contributed by atoms with Crippen LogP contribution in [0.15, 0.2) is 72.9 Å². The normalized spacial score (nSPS) is 23.6. The van der Waals surface area contributed by atoms with Crippen LogP contribution in [0.5, 0.6) is 0 Å². The standard InChI is InChI=1S/C29H31FN4O2S/c1-19(2)15-32-37(35,36)33-17-26-28(21-7-5-4-6-8-21)29(26,18-33)25-14-22-16-31-34(27(22)13-20(25)3)24-11-9-23(30)10-12-24/h4-14,16,19,26,28,32H,15,17-18H2,1-3H3/t26-,28-,29+/m0/s1. The number of rotatable bonds is 7. The van der Waals surface area contributed by atoms with E-state index in [0.29, 0.717) is 19.6 Å². The molecule has 1 saturated heterocycles. The molecule has 6 rings (SSSR count). The average molecular weight is 519 g/mol. The summed E-state index contributed by atoms with van der Waals surface area (Å²) in [6.07, 6.45) is 1.83. The molecule has 2 heterocycles. The Bertz CT molecular complexity index is 1570. The van der Waals surface area contributed by atoms with Gasteiger partial charge in [-0.05, 0) is 71.8 Å². The number of benzene rings is 3. The van der Waals surface area contributed by atoms with Crippen LogP contribution in [0.1, 0.15) is 36.5 Å². The highest BCUT2D eigenvalue weighted by Gasteiger charge is 2.71. The number of piperidine rings is 1. The molecule has 0 spiro atoms. The molecule has 2 fully saturated rings. The Kier molecular flexibility index (Phi) is 5.74. The zero-order valence-corrected chi connectivity index (χ0v) is 22.0. The molecule has 1 saturated carbocycles. The van der Waals surface area contributed by atoms with Crippen molar-refractivity contribution in [3.63, 3.8) is 0 Å². The summed E-state index contributed by atoms with van der Waals surface area (Å²) in [5, 5.41) is 5.57. The van der Waals surface area contributed by atoms with Crippen LogP contribution in [0.2, 0.25) is 0 Å². The van der Waals surface area contributed by atoms with Gasteiger partial charge in [0.05, 0.1) is 17.4 Å². The minimum absolute atomic E-state index is 0.203. The van der Waals surface area contributed by atoms with Crippen LogP contribution in [-0.2, 0) is 15.6 Å². The molecule has 2 aliphatic rings. The monoisotopic (exact) mass is 518 g/mol. The predicted molar refractivity (Wildman–Crippen MR) is 143 cm³/mol. The molecule has 3 atom stereocenters. The van der Waals surface area contributed by atoms with Gasteiger partial charge in [-0.3, -0.25) is 0 Å². The second kappa shape index (κ2) is 8.75. The van der Waals surface area contributed by atoms with Gasteiger partial charge in [0.25, 0.3) is 10.2 Å². The lowest BCUT2D eigenvalue weighted by atomic mass is 9.87. The fourth-order valence-electron chi connectivity index (χ4n) is 6.23. The lowest BCUT2D eigenvalue weighted by Gasteiger charge is -2.26. The summed E-state index contributed by atoms with van der Waals surface area (Å²) < 4.78 is 46.1. The molecule has 1 aromatic heterocycles. The highest BCUT2D eigenvalue weighted by Crippen LogP contribution is 2.70. The maximum atomic E-state index is 13.5. The quantitative estimate of drug-likeness (QED) is 0.377. The number of nitrogens with one attached hydrogen (secondary N) is 1. The van der Waals surface area contributed by atoms with Crippen LogP contribution >= 0.6 is 0 Å². The second-order valence-corrected chi connectivity index (χ2v) is 12.6. The van der Waals surface area contributed by atoms with Crippen LogP contribution in [-0.4, -0.2) is 42.1 Å². The van der Waals surface area contributed by atoms with Gasteiger partial charge in [0.15, 0.2) is 0 Å². The first-order valence-electron chi connectivity index (χ1n) is 12.7. The Hall–Kier alpha value is -3.07. The molecular formula is C29H31FN4O2S. The molecule has 8 heteroatoms. The summed E-state index contributed by atoms with van der Waals surface area (Å²) >= 11 is 0. The van der Waals surface area contributed by atoms with Gasteiger partial charge in [-0.2, -0.15) is 17.8 Å². The zero-order valence-electron chi connectivity index (χ0n) is 21.2. The molecule has 37 heavy (non-hydrogen) atoms. The summed E-state index contributed by atoms with van der Waals surface area (Å²) in [7, 11) is -3.56. The third kappa shape index (κ3) is 3.98. The van der Waals surface area contributed by atoms with E-state index in [4.69, 9.17) is 0 Å². The average Bonchev–Trinajstić information content (AvgIpc) is 3.15. The summed E-state index contributed by atoms with van der Waals surface area (Å²) in [5.74, 6) is 0.413. The van der Waals surface area contributed by atoms with Gasteiger partial charge < -0.3 is 0 Å². The van der Waals surface area contributed by atoms with Gasteiger partial charge >= 0.3 is 0 Å². The summed E-state index contributed by atoms with van der Waals surface area (Å²) in [6, 6.07) is 21.0. The fourth-order valence-corrected chi connectivity index (χ4v) is 7.70. The topological polar surface area (TPSA) is 67.2 Å². The van der Waals surface area contributed by atoms with Crippen molar-refractivity contribution in [2.75, 3.05) is 19.6 Å². The van der Waals surface area contributed by atoms with Crippen molar-refractivity contribution in [3.05, 3.63) is 95.4 Å². The van der Waals surface area contributed by atoms with Gasteiger partial charge in [-0.25, -0.2) is 13.8 Å². The van der Waals surface area contributed by atoms with Gasteiger partial charge in [-0.1, -0.05) is 44.2 Å². The highest BCUT2D eigenvalue weighted by atomic mass is 32.2. The smallest absolute Gasteiger partial charge is 0.233 e. The molecule has 0 amide bonds. The highest BCUT2D eigenvalue weighted by molar-refractivity contribution is 7.87. The van der Waals surface area contributed by atoms with Crippen molar-refractivity contribution >= 4 is 21.1 Å². The van der Waals surface area contributed by atoms with Crippen LogP contribution in [0.25, 0.3) is 16.6 Å². The lowest BCUT2D eigenvalue weighted by molar-refractivity contribution is 0.410. The van der Waals surface area contributed by atoms with E-state index in [-0.39, 0.29) is 29.0 Å². The van der Waals surface area contributed by atoms with Crippen LogP contribution in [0.4, 0.5) is 4.39 Å². The first-order valence-corrected chi connectivity index (χ1v) is 14.2. The van der Waals surface area contributed by atoms with Gasteiger partial charge in [0.1, 0.15) is 5.82 Å². The SMILES string of the molecule is Cc1cc2c(cnn2-c2ccc(F)cc2)cc1[C@]12CN(S(=O)(=O)NCC(C)C)C[C@H]1[C@@H]2c1ccccc1. The van der Waals surface area contributed by atoms with E-state index >= 15 is 0 Å². The predicted octanol–water partition coefficient (Wildman–Crippen LogP) is 4.93. The van der Waals surface area contributed by atoms with Gasteiger partial charge in [0, 0.05) is 36.4 Å². The maximum Gasteiger partial charge on any atom is 0.279 e. The van der Waals surface area contributed by atoms with Crippen LogP contribution < -0.4 is 4.72 Å². The van der Waals surface area contributed by atoms with Crippen molar-refractivity contribution in [1.82, 2.24) is 18.8 Å². The molecule has 192 valence electrons. The number of halogens is 1. The number of nitrogens with zero attached hydrogens (tertiary/aromatic N) is 3. The maximum absolute atomic E-state index is 13.5. The van der Waals surface area contributed by atoms with E-state index < -0.39 is 10.2 Å². The summed E-state index contributed by atoms with van der Waals surface area (Å²) in [6.45, 7) is 7.47. The van der Waals surface area contributed by atoms with E-state index in [1.807, 2.05) is 30.8 Å². The molecule has 0 unspecified atom stereocenters. The third-order valence-electron chi connectivity index (χ3n) is 8.01. The lowest BCUT2D eigenvalue weighted by Crippen LogP contribution is -2.43. The van der Waals surface area contributed by atoms with Crippen molar-refractivity contribution in [3.8, 4) is 5.69 Å². The van der Waals surface area contributed by atoms with E-state index in [0.717, 1.165) is 22.2 Å². The van der Waals surface area contributed by atoms with Crippen molar-refractivity contribution in [2.24, 2.45) is 11.8 Å². The molecule has 3 aromatic carbocycles. The molecule has 0 radical (unpaired) electrons. The number of aryl methyl sites for hydroxylation is 1. The molecule has 6 nitrogen and oxygen atoms in total. The number of fused-ring (bicyclic) bond motifs is 2. The minimum Gasteiger partial charge on any atom is -0.233 e. The fraction of sp³-hybridized carbons (Fsp3) is 0.345. The molecule has 0 bridgehead atoms. The Morgan fingerprint density at radius 2 is 1.84 bits per heavy atom. The van der Waals surface area contributed by atoms with E-state index in [1.54, 1.807) is 16.4 Å². The van der Waals surface area contributed by atoms with Crippen molar-refractivity contribution in [2.45, 2.75) is 32.1 Å². The first-order chi connectivity index (χ1) is 17.7. The summed E-state index contributed by atoms with van der Waals surface area (Å²) in [4.78, 5) is 0. The summed E-state index contributed by atoms with van der Waals surface area (Å²) in [5.41, 5.74) is 4.99.